The van der Waals surface area contributed by atoms with Crippen LogP contribution >= 0.6 is 11.6 Å². The number of aromatic nitrogens is 2. The molecule has 0 bridgehead atoms. The fraction of sp³-hybridized carbons (Fsp3) is 0.636. The minimum absolute atomic E-state index is 0.302. The lowest BCUT2D eigenvalue weighted by molar-refractivity contribution is 0.509. The third kappa shape index (κ3) is 3.67. The van der Waals surface area contributed by atoms with Crippen LogP contribution in [0.2, 0.25) is 5.28 Å². The maximum atomic E-state index is 5.79. The molecule has 0 fully saturated rings. The second-order valence-corrected chi connectivity index (χ2v) is 4.40. The lowest BCUT2D eigenvalue weighted by atomic mass is 10.0. The summed E-state index contributed by atoms with van der Waals surface area (Å²) >= 11 is 5.79. The standard InChI is InChI=1S/C11H18ClN3/c1-5-9(7(2)3)14-10-6-8(4)13-11(12)15-10/h6-7,9H,5H2,1-4H3,(H,13,14,15). The number of hydrogen-bond donors (Lipinski definition) is 1. The molecule has 0 aliphatic heterocycles. The molecule has 1 heterocycles. The summed E-state index contributed by atoms with van der Waals surface area (Å²) in [6.45, 7) is 8.45. The topological polar surface area (TPSA) is 37.8 Å². The first-order valence-corrected chi connectivity index (χ1v) is 5.68. The van der Waals surface area contributed by atoms with E-state index in [0.29, 0.717) is 17.2 Å². The van der Waals surface area contributed by atoms with Crippen LogP contribution in [0.4, 0.5) is 5.82 Å². The largest absolute Gasteiger partial charge is 0.367 e. The van der Waals surface area contributed by atoms with Gasteiger partial charge in [-0.3, -0.25) is 0 Å². The monoisotopic (exact) mass is 227 g/mol. The van der Waals surface area contributed by atoms with E-state index in [1.54, 1.807) is 0 Å². The number of nitrogens with one attached hydrogen (secondary N) is 1. The highest BCUT2D eigenvalue weighted by Gasteiger charge is 2.11. The van der Waals surface area contributed by atoms with Crippen molar-refractivity contribution in [1.82, 2.24) is 9.97 Å². The molecule has 0 amide bonds. The number of anilines is 1. The van der Waals surface area contributed by atoms with Crippen molar-refractivity contribution >= 4 is 17.4 Å². The molecular weight excluding hydrogens is 210 g/mol. The molecule has 0 spiro atoms. The zero-order valence-corrected chi connectivity index (χ0v) is 10.5. The van der Waals surface area contributed by atoms with Crippen molar-refractivity contribution in [2.24, 2.45) is 5.92 Å². The van der Waals surface area contributed by atoms with Crippen molar-refractivity contribution in [2.75, 3.05) is 5.32 Å². The zero-order valence-electron chi connectivity index (χ0n) is 9.71. The second kappa shape index (κ2) is 5.31. The number of aryl methyl sites for hydroxylation is 1. The van der Waals surface area contributed by atoms with Gasteiger partial charge in [-0.1, -0.05) is 20.8 Å². The summed E-state index contributed by atoms with van der Waals surface area (Å²) in [4.78, 5) is 8.17. The SMILES string of the molecule is CCC(Nc1cc(C)nc(Cl)n1)C(C)C. The Kier molecular flexibility index (Phi) is 4.33. The van der Waals surface area contributed by atoms with Gasteiger partial charge in [0.25, 0.3) is 0 Å². The number of rotatable bonds is 4. The van der Waals surface area contributed by atoms with Crippen LogP contribution in [0.5, 0.6) is 0 Å². The molecule has 15 heavy (non-hydrogen) atoms. The highest BCUT2D eigenvalue weighted by atomic mass is 35.5. The summed E-state index contributed by atoms with van der Waals surface area (Å²) in [5.41, 5.74) is 0.885. The van der Waals surface area contributed by atoms with Crippen LogP contribution < -0.4 is 5.32 Å². The van der Waals surface area contributed by atoms with E-state index < -0.39 is 0 Å². The maximum absolute atomic E-state index is 5.79. The average molecular weight is 228 g/mol. The molecular formula is C11H18ClN3. The van der Waals surface area contributed by atoms with Crippen molar-refractivity contribution in [2.45, 2.75) is 40.2 Å². The Balaban J connectivity index is 2.79. The van der Waals surface area contributed by atoms with Gasteiger partial charge in [-0.05, 0) is 30.9 Å². The fourth-order valence-electron chi connectivity index (χ4n) is 1.54. The van der Waals surface area contributed by atoms with Crippen molar-refractivity contribution < 1.29 is 0 Å². The van der Waals surface area contributed by atoms with E-state index in [9.17, 15) is 0 Å². The molecule has 1 unspecified atom stereocenters. The van der Waals surface area contributed by atoms with E-state index in [1.165, 1.54) is 0 Å². The van der Waals surface area contributed by atoms with E-state index in [-0.39, 0.29) is 0 Å². The van der Waals surface area contributed by atoms with Gasteiger partial charge in [-0.25, -0.2) is 9.97 Å². The molecule has 1 atom stereocenters. The smallest absolute Gasteiger partial charge is 0.224 e. The van der Waals surface area contributed by atoms with Crippen LogP contribution in [-0.2, 0) is 0 Å². The first-order chi connectivity index (χ1) is 7.02. The minimum atomic E-state index is 0.302. The number of nitrogens with zero attached hydrogens (tertiary/aromatic N) is 2. The Labute approximate surface area is 96.3 Å². The van der Waals surface area contributed by atoms with Gasteiger partial charge < -0.3 is 5.32 Å². The second-order valence-electron chi connectivity index (χ2n) is 4.07. The predicted molar refractivity (Wildman–Crippen MR) is 64.3 cm³/mol. The Morgan fingerprint density at radius 1 is 1.40 bits per heavy atom. The summed E-state index contributed by atoms with van der Waals surface area (Å²) in [5.74, 6) is 1.39. The normalized spacial score (nSPS) is 12.9. The molecule has 1 aromatic heterocycles. The third-order valence-electron chi connectivity index (χ3n) is 2.40. The van der Waals surface area contributed by atoms with Gasteiger partial charge in [0, 0.05) is 17.8 Å². The molecule has 3 nitrogen and oxygen atoms in total. The highest BCUT2D eigenvalue weighted by Crippen LogP contribution is 2.15. The number of halogens is 1. The summed E-state index contributed by atoms with van der Waals surface area (Å²) in [6, 6.07) is 2.34. The summed E-state index contributed by atoms with van der Waals surface area (Å²) in [6.07, 6.45) is 1.07. The third-order valence-corrected chi connectivity index (χ3v) is 2.57. The molecule has 84 valence electrons. The van der Waals surface area contributed by atoms with Gasteiger partial charge in [0.1, 0.15) is 5.82 Å². The predicted octanol–water partition coefficient (Wildman–Crippen LogP) is 3.28. The molecule has 0 aliphatic carbocycles. The van der Waals surface area contributed by atoms with Crippen LogP contribution in [0.3, 0.4) is 0 Å². The lowest BCUT2D eigenvalue weighted by Gasteiger charge is -2.21. The molecule has 0 saturated heterocycles. The first kappa shape index (κ1) is 12.2. The van der Waals surface area contributed by atoms with Gasteiger partial charge in [0.05, 0.1) is 0 Å². The Bertz CT molecular complexity index is 305. The van der Waals surface area contributed by atoms with Gasteiger partial charge in [0.15, 0.2) is 0 Å². The van der Waals surface area contributed by atoms with Crippen LogP contribution in [0, 0.1) is 12.8 Å². The van der Waals surface area contributed by atoms with Crippen LogP contribution in [-0.4, -0.2) is 16.0 Å². The molecule has 0 radical (unpaired) electrons. The molecule has 0 aromatic carbocycles. The van der Waals surface area contributed by atoms with Gasteiger partial charge in [-0.2, -0.15) is 0 Å². The van der Waals surface area contributed by atoms with Crippen molar-refractivity contribution in [1.29, 1.82) is 0 Å². The van der Waals surface area contributed by atoms with E-state index in [1.807, 2.05) is 13.0 Å². The zero-order chi connectivity index (χ0) is 11.4. The van der Waals surface area contributed by atoms with Crippen LogP contribution in [0.15, 0.2) is 6.07 Å². The van der Waals surface area contributed by atoms with Gasteiger partial charge in [-0.15, -0.1) is 0 Å². The van der Waals surface area contributed by atoms with E-state index in [0.717, 1.165) is 17.9 Å². The molecule has 1 N–H and O–H groups in total. The molecule has 1 rings (SSSR count). The van der Waals surface area contributed by atoms with Crippen molar-refractivity contribution in [3.05, 3.63) is 17.0 Å². The average Bonchev–Trinajstić information content (AvgIpc) is 2.12. The van der Waals surface area contributed by atoms with Crippen LogP contribution in [0.1, 0.15) is 32.9 Å². The summed E-state index contributed by atoms with van der Waals surface area (Å²) < 4.78 is 0. The minimum Gasteiger partial charge on any atom is -0.367 e. The van der Waals surface area contributed by atoms with E-state index >= 15 is 0 Å². The molecule has 4 heteroatoms. The highest BCUT2D eigenvalue weighted by molar-refractivity contribution is 6.28. The van der Waals surface area contributed by atoms with E-state index in [2.05, 4.69) is 36.1 Å². The van der Waals surface area contributed by atoms with E-state index in [4.69, 9.17) is 11.6 Å². The molecule has 1 aromatic rings. The van der Waals surface area contributed by atoms with Crippen LogP contribution in [0.25, 0.3) is 0 Å². The first-order valence-electron chi connectivity index (χ1n) is 5.30. The van der Waals surface area contributed by atoms with Crippen molar-refractivity contribution in [3.63, 3.8) is 0 Å². The maximum Gasteiger partial charge on any atom is 0.224 e. The van der Waals surface area contributed by atoms with Gasteiger partial charge in [0.2, 0.25) is 5.28 Å². The molecule has 0 saturated carbocycles. The van der Waals surface area contributed by atoms with Gasteiger partial charge >= 0.3 is 0 Å². The Hall–Kier alpha value is -0.830. The Morgan fingerprint density at radius 2 is 2.07 bits per heavy atom. The number of hydrogen-bond acceptors (Lipinski definition) is 3. The quantitative estimate of drug-likeness (QED) is 0.803. The molecule has 0 aliphatic rings. The fourth-order valence-corrected chi connectivity index (χ4v) is 1.76. The van der Waals surface area contributed by atoms with Crippen molar-refractivity contribution in [3.8, 4) is 0 Å². The summed E-state index contributed by atoms with van der Waals surface area (Å²) in [7, 11) is 0. The Morgan fingerprint density at radius 3 is 2.53 bits per heavy atom. The summed E-state index contributed by atoms with van der Waals surface area (Å²) in [5, 5.41) is 3.68. The lowest BCUT2D eigenvalue weighted by Crippen LogP contribution is -2.25.